The number of aliphatic hydroxyl groups is 1. The summed E-state index contributed by atoms with van der Waals surface area (Å²) >= 11 is 5.20. The molecule has 12 rings (SSSR count). The van der Waals surface area contributed by atoms with Crippen molar-refractivity contribution in [1.29, 1.82) is 21.0 Å². The second-order valence-corrected chi connectivity index (χ2v) is 34.0. The number of nitriles is 4. The second kappa shape index (κ2) is 46.8. The van der Waals surface area contributed by atoms with E-state index >= 15 is 0 Å². The zero-order chi connectivity index (χ0) is 89.6. The first-order valence-electron chi connectivity index (χ1n) is 40.3. The van der Waals surface area contributed by atoms with Gasteiger partial charge in [-0.2, -0.15) is 21.0 Å². The van der Waals surface area contributed by atoms with Crippen molar-refractivity contribution in [2.45, 2.75) is 165 Å². The molecule has 10 aromatic rings. The minimum absolute atomic E-state index is 0.0236. The maximum atomic E-state index is 12.9. The Kier molecular flexibility index (Phi) is 36.1. The summed E-state index contributed by atoms with van der Waals surface area (Å²) in [4.78, 5) is 68.4. The second-order valence-electron chi connectivity index (χ2n) is 29.4. The Bertz CT molecular complexity index is 5420. The molecule has 4 atom stereocenters. The molecule has 0 radical (unpaired) electrons. The number of unbranched alkanes of at least 4 members (excludes halogenated alkanes) is 2. The number of phenolic OH excluding ortho intramolecular Hbond substituents is 4. The average Bonchev–Trinajstić information content (AvgIpc) is 1.74. The number of allylic oxidation sites excluding steroid dienone is 2. The van der Waals surface area contributed by atoms with Crippen molar-refractivity contribution < 1.29 is 73.1 Å². The molecule has 25 nitrogen and oxygen atoms in total. The Labute approximate surface area is 739 Å². The average molecular weight is 1750 g/mol. The van der Waals surface area contributed by atoms with Gasteiger partial charge in [-0.3, -0.25) is 14.4 Å². The number of ether oxygens (including phenoxy) is 7. The van der Waals surface area contributed by atoms with Gasteiger partial charge in [0.15, 0.2) is 40.7 Å². The van der Waals surface area contributed by atoms with Gasteiger partial charge in [-0.25, -0.2) is 29.9 Å². The normalized spacial score (nSPS) is 12.6. The molecule has 0 saturated heterocycles. The number of fused-ring (bicyclic) bond motifs is 2. The fraction of sp³-hybridized carbons (Fsp3) is 0.316. The summed E-state index contributed by atoms with van der Waals surface area (Å²) in [6.45, 7) is 18.4. The molecule has 2 aromatic heterocycles. The number of thioether (sulfide) groups is 4. The minimum Gasteiger partial charge on any atom is -0.507 e. The van der Waals surface area contributed by atoms with Crippen LogP contribution in [0.4, 0.5) is 0 Å². The number of carbonyl (C=O) groups is 3. The molecule has 0 fully saturated rings. The highest BCUT2D eigenvalue weighted by atomic mass is 32.2. The van der Waals surface area contributed by atoms with Crippen molar-refractivity contribution in [2.75, 3.05) is 34.5 Å². The first-order valence-corrected chi connectivity index (χ1v) is 43.5. The number of para-hydroxylation sites is 2. The van der Waals surface area contributed by atoms with Crippen LogP contribution in [-0.4, -0.2) is 120 Å². The summed E-state index contributed by atoms with van der Waals surface area (Å²) in [5.41, 5.74) is 3.65. The van der Waals surface area contributed by atoms with Crippen molar-refractivity contribution in [2.24, 2.45) is 17.3 Å². The third-order valence-corrected chi connectivity index (χ3v) is 24.8. The topological polar surface area (TPSA) is 389 Å². The largest absolute Gasteiger partial charge is 0.507 e. The van der Waals surface area contributed by atoms with Crippen LogP contribution in [0.3, 0.4) is 0 Å². The first-order chi connectivity index (χ1) is 59.8. The maximum Gasteiger partial charge on any atom is 0.314 e. The predicted molar refractivity (Wildman–Crippen MR) is 479 cm³/mol. The molecular formula is C95H98N10O15S4. The number of carbonyl (C=O) groups excluding carboxylic acids is 3. The molecule has 29 heteroatoms. The molecule has 0 saturated carbocycles. The zero-order valence-electron chi connectivity index (χ0n) is 71.0. The SMILES string of the molecule is CCCCC(CC)C(=O)Oc1ccc(OC(=O)C(CC)CCCC)c2c1SC(=C(C#N)C#N)S2.COC(C)CCOc1ccc(OCCC(C)OC)c2c1SC(=C(C#N)C(=O)C(C)(C)C)S2.COc1ccc(-c2nc(-c3ccccc3)nc(-c3ccc(CO)cc3O)n2)c(O)c1.N#Cc1cccc(-c2nc(-c3ccccc3O)nc(-c3ccccc3O)n2)c1. The van der Waals surface area contributed by atoms with E-state index in [-0.39, 0.29) is 106 Å². The number of phenols is 4. The lowest BCUT2D eigenvalue weighted by Gasteiger charge is -2.17. The Morgan fingerprint density at radius 2 is 0.871 bits per heavy atom. The van der Waals surface area contributed by atoms with E-state index in [1.807, 2.05) is 103 Å². The number of aliphatic hydroxyl groups excluding tert-OH is 1. The van der Waals surface area contributed by atoms with Crippen LogP contribution in [0.1, 0.15) is 138 Å². The Morgan fingerprint density at radius 3 is 1.28 bits per heavy atom. The fourth-order valence-electron chi connectivity index (χ4n) is 12.1. The number of rotatable bonds is 31. The summed E-state index contributed by atoms with van der Waals surface area (Å²) in [5, 5.41) is 88.3. The number of Topliss-reactive ketones (excluding diaryl/α,β-unsaturated/α-hetero) is 1. The van der Waals surface area contributed by atoms with E-state index in [1.165, 1.54) is 66.3 Å². The maximum absolute atomic E-state index is 12.9. The molecule has 0 aliphatic carbocycles. The first kappa shape index (κ1) is 95.5. The monoisotopic (exact) mass is 1750 g/mol. The molecule has 2 aliphatic rings. The molecule has 8 aromatic carbocycles. The quantitative estimate of drug-likeness (QED) is 0.0117. The van der Waals surface area contributed by atoms with Crippen LogP contribution in [0, 0.1) is 62.6 Å². The summed E-state index contributed by atoms with van der Waals surface area (Å²) in [7, 11) is 4.87. The number of hydrogen-bond donors (Lipinski definition) is 5. The number of aromatic hydroxyl groups is 4. The number of esters is 2. The molecule has 5 N–H and O–H groups in total. The van der Waals surface area contributed by atoms with Crippen molar-refractivity contribution in [3.8, 4) is 144 Å². The van der Waals surface area contributed by atoms with Gasteiger partial charge < -0.3 is 58.7 Å². The van der Waals surface area contributed by atoms with Crippen molar-refractivity contribution in [1.82, 2.24) is 29.9 Å². The van der Waals surface area contributed by atoms with E-state index < -0.39 is 5.41 Å². The van der Waals surface area contributed by atoms with E-state index in [2.05, 4.69) is 55.9 Å². The molecule has 4 unspecified atom stereocenters. The van der Waals surface area contributed by atoms with Crippen LogP contribution in [0.2, 0.25) is 0 Å². The molecule has 4 heterocycles. The lowest BCUT2D eigenvalue weighted by molar-refractivity contribution is -0.140. The predicted octanol–water partition coefficient (Wildman–Crippen LogP) is 21.2. The van der Waals surface area contributed by atoms with Gasteiger partial charge in [0, 0.05) is 49.7 Å². The van der Waals surface area contributed by atoms with E-state index in [4.69, 9.17) is 33.2 Å². The number of benzene rings is 8. The van der Waals surface area contributed by atoms with Crippen molar-refractivity contribution in [3.05, 3.63) is 195 Å². The summed E-state index contributed by atoms with van der Waals surface area (Å²) in [6, 6.07) is 54.5. The van der Waals surface area contributed by atoms with Crippen LogP contribution in [0.15, 0.2) is 203 Å². The van der Waals surface area contributed by atoms with E-state index in [1.54, 1.807) is 123 Å². The van der Waals surface area contributed by atoms with Crippen LogP contribution in [-0.2, 0) is 30.5 Å². The molecule has 0 amide bonds. The highest BCUT2D eigenvalue weighted by molar-refractivity contribution is 8.25. The molecule has 0 bridgehead atoms. The van der Waals surface area contributed by atoms with E-state index in [9.17, 15) is 61.0 Å². The summed E-state index contributed by atoms with van der Waals surface area (Å²) in [6.07, 6.45) is 8.51. The van der Waals surface area contributed by atoms with Gasteiger partial charge in [0.05, 0.1) is 113 Å². The van der Waals surface area contributed by atoms with E-state index in [0.29, 0.717) is 124 Å². The molecular weight excluding hydrogens is 1650 g/mol. The highest BCUT2D eigenvalue weighted by Crippen LogP contribution is 2.61. The van der Waals surface area contributed by atoms with Crippen molar-refractivity contribution >= 4 is 64.8 Å². The highest BCUT2D eigenvalue weighted by Gasteiger charge is 2.36. The lowest BCUT2D eigenvalue weighted by atomic mass is 9.87. The Morgan fingerprint density at radius 1 is 0.452 bits per heavy atom. The number of ketones is 1. The lowest BCUT2D eigenvalue weighted by Crippen LogP contribution is -2.21. The van der Waals surface area contributed by atoms with Gasteiger partial charge in [-0.15, -0.1) is 0 Å². The smallest absolute Gasteiger partial charge is 0.314 e. The molecule has 642 valence electrons. The number of hydrogen-bond acceptors (Lipinski definition) is 29. The minimum atomic E-state index is -0.640. The van der Waals surface area contributed by atoms with Crippen LogP contribution in [0.25, 0.3) is 68.3 Å². The zero-order valence-corrected chi connectivity index (χ0v) is 74.3. The van der Waals surface area contributed by atoms with E-state index in [0.717, 1.165) is 66.7 Å². The van der Waals surface area contributed by atoms with Gasteiger partial charge in [0.25, 0.3) is 0 Å². The van der Waals surface area contributed by atoms with Gasteiger partial charge in [-0.1, -0.05) is 194 Å². The number of methoxy groups -OCH3 is 3. The standard InChI is InChI=1S/C26H32N2O4S2.C24H33NO5S2.C23H19N3O4.C22H14N4O2/c1-5-9-11-17(7-3)24(29)31-20-13-14-21(32-25(30)18(8-4)12-10-6-2)23-22(20)33-26(34-23)19(15-27)16-28;1-15(27-6)10-12-29-18-8-9-19(30-13-11-16(2)28-7)21-20(18)31-23(32-21)17(14-25)22(26)24(3,4)5;1-30-16-8-10-18(20(29)12-16)23-25-21(15-5-3-2-4-6-15)24-22(26-23)17-9-7-14(13-27)11-19(17)28;23-13-14-6-5-7-15(12-14)20-24-21(16-8-1-3-10-18(16)27)26-22(25-20)17-9-2-4-11-19(17)28/h13-14,17-18H,5-12H2,1-4H3;8-9,15-16H,10-13H2,1-7H3;2-12,27-29H,13H2,1H3;1-12,27-28H. The summed E-state index contributed by atoms with van der Waals surface area (Å²) < 4.78 is 40.5. The van der Waals surface area contributed by atoms with Gasteiger partial charge >= 0.3 is 11.9 Å². The van der Waals surface area contributed by atoms with Crippen molar-refractivity contribution in [3.63, 3.8) is 0 Å². The van der Waals surface area contributed by atoms with Crippen LogP contribution >= 0.6 is 47.0 Å². The molecule has 2 aliphatic heterocycles. The third-order valence-electron chi connectivity index (χ3n) is 19.5. The summed E-state index contributed by atoms with van der Waals surface area (Å²) in [5.74, 6) is 3.25. The third kappa shape index (κ3) is 25.4. The Hall–Kier alpha value is -12.3. The Balaban J connectivity index is 0.000000188. The van der Waals surface area contributed by atoms with Crippen LogP contribution < -0.4 is 23.7 Å². The van der Waals surface area contributed by atoms with Crippen LogP contribution in [0.5, 0.6) is 51.7 Å². The molecule has 0 spiro atoms. The fourth-order valence-corrected chi connectivity index (χ4v) is 17.2. The number of aromatic nitrogens is 6. The molecule has 124 heavy (non-hydrogen) atoms. The van der Waals surface area contributed by atoms with Gasteiger partial charge in [0.2, 0.25) is 0 Å². The van der Waals surface area contributed by atoms with Gasteiger partial charge in [-0.05, 0) is 130 Å². The van der Waals surface area contributed by atoms with Gasteiger partial charge in [0.1, 0.15) is 81.1 Å². The number of nitrogens with zero attached hydrogens (tertiary/aromatic N) is 10.